The lowest BCUT2D eigenvalue weighted by molar-refractivity contribution is 0.0887. The molecule has 0 radical (unpaired) electrons. The van der Waals surface area contributed by atoms with Gasteiger partial charge in [-0.15, -0.1) is 12.4 Å². The van der Waals surface area contributed by atoms with Crippen molar-refractivity contribution in [1.82, 2.24) is 10.3 Å². The molecule has 0 spiro atoms. The minimum absolute atomic E-state index is 0. The summed E-state index contributed by atoms with van der Waals surface area (Å²) in [5, 5.41) is 2.03. The lowest BCUT2D eigenvalue weighted by Crippen LogP contribution is -2.29. The first kappa shape index (κ1) is 13.6. The van der Waals surface area contributed by atoms with Crippen molar-refractivity contribution in [2.45, 2.75) is 6.43 Å². The summed E-state index contributed by atoms with van der Waals surface area (Å²) in [6, 6.07) is 2.85. The van der Waals surface area contributed by atoms with E-state index in [2.05, 4.69) is 4.98 Å². The molecule has 84 valence electrons. The van der Waals surface area contributed by atoms with E-state index in [1.54, 1.807) is 0 Å². The van der Waals surface area contributed by atoms with Gasteiger partial charge in [-0.05, 0) is 12.1 Å². The summed E-state index contributed by atoms with van der Waals surface area (Å²) < 4.78 is 23.4. The normalized spacial score (nSPS) is 9.53. The number of anilines is 1. The van der Waals surface area contributed by atoms with Crippen molar-refractivity contribution >= 4 is 24.0 Å². The van der Waals surface area contributed by atoms with Crippen molar-refractivity contribution in [1.29, 1.82) is 0 Å². The Kier molecular flexibility index (Phi) is 5.54. The Morgan fingerprint density at radius 1 is 1.53 bits per heavy atom. The third kappa shape index (κ3) is 4.55. The predicted octanol–water partition coefficient (Wildman–Crippen LogP) is 1.08. The number of nitrogens with one attached hydrogen (secondary N) is 1. The second kappa shape index (κ2) is 6.13. The van der Waals surface area contributed by atoms with Gasteiger partial charge in [-0.25, -0.2) is 13.8 Å². The summed E-state index contributed by atoms with van der Waals surface area (Å²) in [5.41, 5.74) is 5.82. The van der Waals surface area contributed by atoms with Crippen molar-refractivity contribution in [2.24, 2.45) is 0 Å². The summed E-state index contributed by atoms with van der Waals surface area (Å²) in [7, 11) is 0. The number of carbonyl (C=O) groups is 1. The van der Waals surface area contributed by atoms with Crippen LogP contribution in [0.3, 0.4) is 0 Å². The molecule has 0 aliphatic carbocycles. The van der Waals surface area contributed by atoms with Crippen molar-refractivity contribution in [2.75, 3.05) is 12.3 Å². The summed E-state index contributed by atoms with van der Waals surface area (Å²) in [5.74, 6) is -0.634. The number of pyridine rings is 1. The maximum Gasteiger partial charge on any atom is 0.270 e. The van der Waals surface area contributed by atoms with Crippen molar-refractivity contribution < 1.29 is 13.6 Å². The average molecular weight is 238 g/mol. The molecule has 1 amide bonds. The highest BCUT2D eigenvalue weighted by Gasteiger charge is 2.09. The van der Waals surface area contributed by atoms with E-state index in [1.165, 1.54) is 18.3 Å². The highest BCUT2D eigenvalue weighted by Crippen LogP contribution is 2.00. The molecule has 0 fully saturated rings. The molecule has 1 rings (SSSR count). The van der Waals surface area contributed by atoms with Gasteiger partial charge in [0.25, 0.3) is 12.3 Å². The topological polar surface area (TPSA) is 68.0 Å². The summed E-state index contributed by atoms with van der Waals surface area (Å²) in [6.07, 6.45) is -1.27. The first-order chi connectivity index (χ1) is 6.59. The number of amides is 1. The number of rotatable bonds is 3. The Balaban J connectivity index is 0.00000196. The van der Waals surface area contributed by atoms with Crippen LogP contribution in [0.4, 0.5) is 14.5 Å². The molecule has 7 heteroatoms. The fraction of sp³-hybridized carbons (Fsp3) is 0.250. The number of hydrogen-bond acceptors (Lipinski definition) is 3. The maximum absolute atomic E-state index is 11.7. The van der Waals surface area contributed by atoms with Crippen LogP contribution in [0.5, 0.6) is 0 Å². The number of nitrogens with zero attached hydrogens (tertiary/aromatic N) is 1. The van der Waals surface area contributed by atoms with E-state index in [0.717, 1.165) is 0 Å². The monoisotopic (exact) mass is 237 g/mol. The van der Waals surface area contributed by atoms with Crippen LogP contribution >= 0.6 is 12.4 Å². The molecule has 15 heavy (non-hydrogen) atoms. The van der Waals surface area contributed by atoms with Crippen LogP contribution in [0.25, 0.3) is 0 Å². The predicted molar refractivity (Wildman–Crippen MR) is 54.2 cm³/mol. The lowest BCUT2D eigenvalue weighted by atomic mass is 10.3. The molecule has 3 N–H and O–H groups in total. The molecule has 0 unspecified atom stereocenters. The van der Waals surface area contributed by atoms with Crippen LogP contribution in [0.1, 0.15) is 10.5 Å². The van der Waals surface area contributed by atoms with Crippen molar-refractivity contribution in [3.05, 3.63) is 24.0 Å². The molecule has 0 bridgehead atoms. The van der Waals surface area contributed by atoms with Gasteiger partial charge in [0.2, 0.25) is 0 Å². The number of carbonyl (C=O) groups excluding carboxylic acids is 1. The third-order valence-electron chi connectivity index (χ3n) is 1.44. The highest BCUT2D eigenvalue weighted by atomic mass is 35.5. The van der Waals surface area contributed by atoms with Crippen molar-refractivity contribution in [3.8, 4) is 0 Å². The van der Waals surface area contributed by atoms with E-state index in [9.17, 15) is 13.6 Å². The van der Waals surface area contributed by atoms with Gasteiger partial charge in [-0.1, -0.05) is 0 Å². The first-order valence-electron chi connectivity index (χ1n) is 3.87. The quantitative estimate of drug-likeness (QED) is 0.827. The highest BCUT2D eigenvalue weighted by molar-refractivity contribution is 5.92. The zero-order chi connectivity index (χ0) is 10.6. The molecule has 1 aromatic rings. The maximum atomic E-state index is 11.7. The smallest absolute Gasteiger partial charge is 0.270 e. The van der Waals surface area contributed by atoms with E-state index in [0.29, 0.717) is 5.69 Å². The zero-order valence-electron chi connectivity index (χ0n) is 7.61. The molecular weight excluding hydrogens is 228 g/mol. The van der Waals surface area contributed by atoms with Crippen LogP contribution < -0.4 is 11.1 Å². The van der Waals surface area contributed by atoms with Crippen LogP contribution in [0, 0.1) is 0 Å². The fourth-order valence-corrected chi connectivity index (χ4v) is 0.800. The minimum atomic E-state index is -2.56. The van der Waals surface area contributed by atoms with E-state index >= 15 is 0 Å². The fourth-order valence-electron chi connectivity index (χ4n) is 0.800. The standard InChI is InChI=1S/C8H9F2N3O.ClH/c9-7(10)4-13-8(14)6-2-1-5(11)3-12-6;/h1-3,7H,4,11H2,(H,13,14);1H. The summed E-state index contributed by atoms with van der Waals surface area (Å²) >= 11 is 0. The second-order valence-electron chi connectivity index (χ2n) is 2.58. The van der Waals surface area contributed by atoms with Gasteiger partial charge >= 0.3 is 0 Å². The van der Waals surface area contributed by atoms with Gasteiger partial charge in [0.15, 0.2) is 0 Å². The van der Waals surface area contributed by atoms with Gasteiger partial charge in [-0.2, -0.15) is 0 Å². The minimum Gasteiger partial charge on any atom is -0.397 e. The van der Waals surface area contributed by atoms with Crippen LogP contribution in [0.15, 0.2) is 18.3 Å². The van der Waals surface area contributed by atoms with E-state index in [-0.39, 0.29) is 18.1 Å². The average Bonchev–Trinajstić information content (AvgIpc) is 2.15. The molecule has 0 aliphatic rings. The Labute approximate surface area is 91.3 Å². The van der Waals surface area contributed by atoms with E-state index in [4.69, 9.17) is 5.73 Å². The van der Waals surface area contributed by atoms with Gasteiger partial charge < -0.3 is 11.1 Å². The molecule has 0 aliphatic heterocycles. The molecule has 4 nitrogen and oxygen atoms in total. The zero-order valence-corrected chi connectivity index (χ0v) is 8.43. The molecule has 0 aromatic carbocycles. The Bertz CT molecular complexity index is 318. The third-order valence-corrected chi connectivity index (χ3v) is 1.44. The van der Waals surface area contributed by atoms with Gasteiger partial charge in [-0.3, -0.25) is 4.79 Å². The second-order valence-corrected chi connectivity index (χ2v) is 2.58. The molecule has 0 atom stereocenters. The van der Waals surface area contributed by atoms with Gasteiger partial charge in [0, 0.05) is 0 Å². The summed E-state index contributed by atoms with van der Waals surface area (Å²) in [4.78, 5) is 14.8. The molecule has 0 saturated carbocycles. The van der Waals surface area contributed by atoms with Gasteiger partial charge in [0.1, 0.15) is 5.69 Å². The van der Waals surface area contributed by atoms with Crippen LogP contribution in [0.2, 0.25) is 0 Å². The van der Waals surface area contributed by atoms with Crippen molar-refractivity contribution in [3.63, 3.8) is 0 Å². The first-order valence-corrected chi connectivity index (χ1v) is 3.87. The lowest BCUT2D eigenvalue weighted by Gasteiger charge is -2.03. The summed E-state index contributed by atoms with van der Waals surface area (Å²) in [6.45, 7) is -0.676. The molecular formula is C8H10ClF2N3O. The van der Waals surface area contributed by atoms with Gasteiger partial charge in [0.05, 0.1) is 18.4 Å². The Hall–Kier alpha value is -1.43. The van der Waals surface area contributed by atoms with Crippen LogP contribution in [-0.4, -0.2) is 23.9 Å². The molecule has 1 aromatic heterocycles. The van der Waals surface area contributed by atoms with Crippen LogP contribution in [-0.2, 0) is 0 Å². The number of halogens is 3. The Morgan fingerprint density at radius 3 is 2.67 bits per heavy atom. The Morgan fingerprint density at radius 2 is 2.20 bits per heavy atom. The van der Waals surface area contributed by atoms with E-state index < -0.39 is 18.9 Å². The number of hydrogen-bond donors (Lipinski definition) is 2. The SMILES string of the molecule is Cl.Nc1ccc(C(=O)NCC(F)F)nc1. The number of aromatic nitrogens is 1. The number of nitrogen functional groups attached to an aromatic ring is 1. The number of alkyl halides is 2. The molecule has 0 saturated heterocycles. The van der Waals surface area contributed by atoms with E-state index in [1.807, 2.05) is 5.32 Å². The number of nitrogens with two attached hydrogens (primary N) is 1. The largest absolute Gasteiger partial charge is 0.397 e. The molecule has 1 heterocycles.